The standard InChI is InChI=1S/C31H38FN3O5S/c1-5-7-20-33-31(37)24(4)34(21-25-10-12-26(32)13-11-25)30(36)22-35(27-14-16-28(17-15-27)40-6-2)41(38,39)29-18-8-23(3)9-19-29/h8-19,24H,5-7,20-22H2,1-4H3,(H,33,37). The molecule has 3 rings (SSSR count). The fraction of sp³-hybridized carbons (Fsp3) is 0.355. The maximum atomic E-state index is 13.9. The molecule has 0 aromatic heterocycles. The highest BCUT2D eigenvalue weighted by Gasteiger charge is 2.32. The van der Waals surface area contributed by atoms with Crippen molar-refractivity contribution in [3.05, 3.63) is 89.7 Å². The van der Waals surface area contributed by atoms with Crippen molar-refractivity contribution in [2.75, 3.05) is 24.0 Å². The number of unbranched alkanes of at least 4 members (excludes halogenated alkanes) is 1. The second kappa shape index (κ2) is 14.6. The van der Waals surface area contributed by atoms with E-state index in [0.29, 0.717) is 24.5 Å². The molecule has 0 fully saturated rings. The van der Waals surface area contributed by atoms with Crippen LogP contribution in [0.25, 0.3) is 0 Å². The van der Waals surface area contributed by atoms with Crippen LogP contribution in [-0.2, 0) is 26.2 Å². The van der Waals surface area contributed by atoms with Crippen LogP contribution in [0.5, 0.6) is 5.75 Å². The highest BCUT2D eigenvalue weighted by molar-refractivity contribution is 7.92. The first kappa shape index (κ1) is 31.6. The number of hydrogen-bond acceptors (Lipinski definition) is 5. The molecule has 0 spiro atoms. The summed E-state index contributed by atoms with van der Waals surface area (Å²) >= 11 is 0. The Morgan fingerprint density at radius 2 is 1.59 bits per heavy atom. The Balaban J connectivity index is 2.00. The van der Waals surface area contributed by atoms with Gasteiger partial charge < -0.3 is 15.0 Å². The van der Waals surface area contributed by atoms with Gasteiger partial charge in [0.15, 0.2) is 0 Å². The van der Waals surface area contributed by atoms with Crippen molar-refractivity contribution in [1.82, 2.24) is 10.2 Å². The van der Waals surface area contributed by atoms with E-state index >= 15 is 0 Å². The van der Waals surface area contributed by atoms with Crippen LogP contribution in [-0.4, -0.2) is 50.9 Å². The van der Waals surface area contributed by atoms with E-state index in [-0.39, 0.29) is 23.0 Å². The summed E-state index contributed by atoms with van der Waals surface area (Å²) in [5, 5.41) is 2.84. The third-order valence-corrected chi connectivity index (χ3v) is 8.37. The highest BCUT2D eigenvalue weighted by Crippen LogP contribution is 2.27. The number of benzene rings is 3. The maximum Gasteiger partial charge on any atom is 0.264 e. The van der Waals surface area contributed by atoms with Gasteiger partial charge >= 0.3 is 0 Å². The first-order chi connectivity index (χ1) is 19.6. The fourth-order valence-electron chi connectivity index (χ4n) is 4.15. The summed E-state index contributed by atoms with van der Waals surface area (Å²) in [6.45, 7) is 7.63. The molecule has 10 heteroatoms. The number of carbonyl (C=O) groups excluding carboxylic acids is 2. The molecule has 3 aromatic carbocycles. The van der Waals surface area contributed by atoms with Gasteiger partial charge in [0.05, 0.1) is 17.2 Å². The van der Waals surface area contributed by atoms with E-state index in [4.69, 9.17) is 4.74 Å². The first-order valence-corrected chi connectivity index (χ1v) is 15.1. The highest BCUT2D eigenvalue weighted by atomic mass is 32.2. The summed E-state index contributed by atoms with van der Waals surface area (Å²) in [5.74, 6) is -0.812. The zero-order chi connectivity index (χ0) is 30.0. The van der Waals surface area contributed by atoms with E-state index in [1.165, 1.54) is 41.3 Å². The van der Waals surface area contributed by atoms with Crippen LogP contribution in [0.4, 0.5) is 10.1 Å². The van der Waals surface area contributed by atoms with Crippen molar-refractivity contribution in [1.29, 1.82) is 0 Å². The second-order valence-electron chi connectivity index (χ2n) is 9.72. The van der Waals surface area contributed by atoms with Crippen LogP contribution in [0, 0.1) is 12.7 Å². The van der Waals surface area contributed by atoms with E-state index in [2.05, 4.69) is 5.32 Å². The summed E-state index contributed by atoms with van der Waals surface area (Å²) in [6, 6.07) is 17.5. The van der Waals surface area contributed by atoms with Crippen molar-refractivity contribution in [2.24, 2.45) is 0 Å². The van der Waals surface area contributed by atoms with Crippen molar-refractivity contribution in [3.8, 4) is 5.75 Å². The molecule has 220 valence electrons. The third-order valence-electron chi connectivity index (χ3n) is 6.59. The Labute approximate surface area is 242 Å². The minimum absolute atomic E-state index is 0.0107. The Morgan fingerprint density at radius 3 is 2.17 bits per heavy atom. The van der Waals surface area contributed by atoms with Gasteiger partial charge in [-0.2, -0.15) is 0 Å². The largest absolute Gasteiger partial charge is 0.494 e. The van der Waals surface area contributed by atoms with Crippen molar-refractivity contribution in [2.45, 2.75) is 58.0 Å². The van der Waals surface area contributed by atoms with Crippen molar-refractivity contribution >= 4 is 27.5 Å². The molecular formula is C31H38FN3O5S. The summed E-state index contributed by atoms with van der Waals surface area (Å²) in [7, 11) is -4.17. The van der Waals surface area contributed by atoms with Crippen molar-refractivity contribution < 1.29 is 27.1 Å². The molecule has 1 N–H and O–H groups in total. The number of aryl methyl sites for hydroxylation is 1. The first-order valence-electron chi connectivity index (χ1n) is 13.7. The number of hydrogen-bond donors (Lipinski definition) is 1. The SMILES string of the molecule is CCCCNC(=O)C(C)N(Cc1ccc(F)cc1)C(=O)CN(c1ccc(OCC)cc1)S(=O)(=O)c1ccc(C)cc1. The number of rotatable bonds is 14. The molecule has 1 atom stereocenters. The van der Waals surface area contributed by atoms with Crippen LogP contribution in [0.1, 0.15) is 44.7 Å². The van der Waals surface area contributed by atoms with Gasteiger partial charge in [0, 0.05) is 13.1 Å². The lowest BCUT2D eigenvalue weighted by molar-refractivity contribution is -0.139. The molecule has 0 radical (unpaired) electrons. The van der Waals surface area contributed by atoms with Crippen LogP contribution < -0.4 is 14.4 Å². The lowest BCUT2D eigenvalue weighted by atomic mass is 10.1. The molecule has 0 aliphatic heterocycles. The summed E-state index contributed by atoms with van der Waals surface area (Å²) in [5.41, 5.74) is 1.76. The van der Waals surface area contributed by atoms with Crippen LogP contribution in [0.3, 0.4) is 0 Å². The van der Waals surface area contributed by atoms with E-state index in [1.807, 2.05) is 20.8 Å². The average Bonchev–Trinajstić information content (AvgIpc) is 2.96. The fourth-order valence-corrected chi connectivity index (χ4v) is 5.56. The van der Waals surface area contributed by atoms with Gasteiger partial charge in [0.2, 0.25) is 11.8 Å². The molecule has 0 bridgehead atoms. The van der Waals surface area contributed by atoms with Gasteiger partial charge in [-0.3, -0.25) is 13.9 Å². The second-order valence-corrected chi connectivity index (χ2v) is 11.6. The van der Waals surface area contributed by atoms with E-state index in [9.17, 15) is 22.4 Å². The van der Waals surface area contributed by atoms with Gasteiger partial charge in [-0.1, -0.05) is 43.2 Å². The molecule has 0 aliphatic rings. The predicted molar refractivity (Wildman–Crippen MR) is 158 cm³/mol. The summed E-state index contributed by atoms with van der Waals surface area (Å²) in [4.78, 5) is 28.3. The van der Waals surface area contributed by atoms with E-state index in [1.54, 1.807) is 43.3 Å². The monoisotopic (exact) mass is 583 g/mol. The molecule has 0 saturated carbocycles. The molecule has 41 heavy (non-hydrogen) atoms. The molecule has 8 nitrogen and oxygen atoms in total. The smallest absolute Gasteiger partial charge is 0.264 e. The number of ether oxygens (including phenoxy) is 1. The molecule has 3 aromatic rings. The van der Waals surface area contributed by atoms with E-state index < -0.39 is 34.3 Å². The minimum Gasteiger partial charge on any atom is -0.494 e. The Morgan fingerprint density at radius 1 is 0.951 bits per heavy atom. The Hall–Kier alpha value is -3.92. The number of anilines is 1. The molecule has 0 aliphatic carbocycles. The topological polar surface area (TPSA) is 96.0 Å². The normalized spacial score (nSPS) is 11.9. The van der Waals surface area contributed by atoms with Gasteiger partial charge in [-0.05, 0) is 81.3 Å². The lowest BCUT2D eigenvalue weighted by Crippen LogP contribution is -2.51. The molecule has 0 saturated heterocycles. The summed E-state index contributed by atoms with van der Waals surface area (Å²) in [6.07, 6.45) is 1.67. The Bertz CT molecular complexity index is 1400. The van der Waals surface area contributed by atoms with E-state index in [0.717, 1.165) is 22.7 Å². The Kier molecular flexibility index (Phi) is 11.3. The minimum atomic E-state index is -4.17. The number of carbonyl (C=O) groups is 2. The third kappa shape index (κ3) is 8.53. The average molecular weight is 584 g/mol. The van der Waals surface area contributed by atoms with Gasteiger partial charge in [-0.15, -0.1) is 0 Å². The van der Waals surface area contributed by atoms with Crippen LogP contribution in [0.15, 0.2) is 77.7 Å². The zero-order valence-electron chi connectivity index (χ0n) is 24.0. The lowest BCUT2D eigenvalue weighted by Gasteiger charge is -2.32. The number of sulfonamides is 1. The van der Waals surface area contributed by atoms with Gasteiger partial charge in [0.25, 0.3) is 10.0 Å². The molecular weight excluding hydrogens is 545 g/mol. The number of amides is 2. The zero-order valence-corrected chi connectivity index (χ0v) is 24.8. The van der Waals surface area contributed by atoms with Gasteiger partial charge in [0.1, 0.15) is 24.2 Å². The molecule has 0 heterocycles. The van der Waals surface area contributed by atoms with Crippen LogP contribution >= 0.6 is 0 Å². The maximum absolute atomic E-state index is 13.9. The number of halogens is 1. The quantitative estimate of drug-likeness (QED) is 0.268. The number of nitrogens with zero attached hydrogens (tertiary/aromatic N) is 2. The number of nitrogens with one attached hydrogen (secondary N) is 1. The van der Waals surface area contributed by atoms with Gasteiger partial charge in [-0.25, -0.2) is 12.8 Å². The molecule has 1 unspecified atom stereocenters. The molecule has 2 amide bonds. The van der Waals surface area contributed by atoms with Crippen molar-refractivity contribution in [3.63, 3.8) is 0 Å². The summed E-state index contributed by atoms with van der Waals surface area (Å²) < 4.78 is 47.9. The predicted octanol–water partition coefficient (Wildman–Crippen LogP) is 5.06. The van der Waals surface area contributed by atoms with Crippen LogP contribution in [0.2, 0.25) is 0 Å².